The van der Waals surface area contributed by atoms with Crippen LogP contribution in [0.1, 0.15) is 98.8 Å². The van der Waals surface area contributed by atoms with Gasteiger partial charge < -0.3 is 4.90 Å². The summed E-state index contributed by atoms with van der Waals surface area (Å²) in [4.78, 5) is 5.43. The van der Waals surface area contributed by atoms with E-state index in [2.05, 4.69) is 72.1 Å². The fourth-order valence-electron chi connectivity index (χ4n) is 8.24. The van der Waals surface area contributed by atoms with Crippen molar-refractivity contribution >= 4 is 11.9 Å². The van der Waals surface area contributed by atoms with E-state index < -0.39 is 0 Å². The highest BCUT2D eigenvalue weighted by molar-refractivity contribution is 7.98. The van der Waals surface area contributed by atoms with Gasteiger partial charge in [0.25, 0.3) is 0 Å². The van der Waals surface area contributed by atoms with Crippen molar-refractivity contribution in [3.8, 4) is 0 Å². The van der Waals surface area contributed by atoms with Crippen LogP contribution in [0.5, 0.6) is 0 Å². The van der Waals surface area contributed by atoms with Crippen LogP contribution in [0.2, 0.25) is 0 Å². The van der Waals surface area contributed by atoms with Crippen LogP contribution in [0.3, 0.4) is 0 Å². The average Bonchev–Trinajstić information content (AvgIpc) is 3.15. The minimum absolute atomic E-state index is 0.263. The van der Waals surface area contributed by atoms with E-state index in [-0.39, 0.29) is 5.54 Å². The van der Waals surface area contributed by atoms with Gasteiger partial charge >= 0.3 is 0 Å². The molecular weight excluding hydrogens is 476 g/mol. The normalized spacial score (nSPS) is 43.0. The van der Waals surface area contributed by atoms with Gasteiger partial charge in [0.05, 0.1) is 17.7 Å². The SMILES string of the molecule is CN1CCC(C2CC[C@@H]3CN(C4NC(C(C)(C)C)CCC4CNSC4CCCC(N4)N2)C(C)(C)C3)CC1. The molecule has 6 nitrogen and oxygen atoms in total. The van der Waals surface area contributed by atoms with Crippen molar-refractivity contribution in [2.75, 3.05) is 33.2 Å². The van der Waals surface area contributed by atoms with E-state index in [9.17, 15) is 0 Å². The van der Waals surface area contributed by atoms with E-state index in [1.165, 1.54) is 83.8 Å². The van der Waals surface area contributed by atoms with Crippen molar-refractivity contribution in [3.63, 3.8) is 0 Å². The molecule has 4 bridgehead atoms. The van der Waals surface area contributed by atoms with Crippen molar-refractivity contribution in [2.24, 2.45) is 23.2 Å². The number of hydrogen-bond donors (Lipinski definition) is 4. The van der Waals surface area contributed by atoms with Gasteiger partial charge in [-0.1, -0.05) is 32.7 Å². The summed E-state index contributed by atoms with van der Waals surface area (Å²) in [7, 11) is 2.30. The first-order valence-corrected chi connectivity index (χ1v) is 16.6. The summed E-state index contributed by atoms with van der Waals surface area (Å²) in [5, 5.41) is 12.9. The molecular formula is C30H58N6S. The number of piperidine rings is 3. The third-order valence-electron chi connectivity index (χ3n) is 10.6. The van der Waals surface area contributed by atoms with E-state index in [0.717, 1.165) is 18.4 Å². The maximum absolute atomic E-state index is 4.22. The summed E-state index contributed by atoms with van der Waals surface area (Å²) in [5.41, 5.74) is 0.570. The van der Waals surface area contributed by atoms with E-state index in [4.69, 9.17) is 0 Å². The standard InChI is InChI=1S/C30H58N6S/c1-29(2,3)25-13-11-23-19-31-37-27-9-7-8-26(34-27)32-24(22-14-16-35(6)17-15-22)12-10-21-18-30(4,5)36(20-21)28(23)33-25/h21-28,31-34H,7-20H2,1-6H3/t21-,23?,24?,25?,26?,27?,28?/m0/s1. The van der Waals surface area contributed by atoms with Gasteiger partial charge in [-0.05, 0) is 115 Å². The predicted octanol–water partition coefficient (Wildman–Crippen LogP) is 4.58. The molecule has 0 saturated carbocycles. The van der Waals surface area contributed by atoms with Gasteiger partial charge in [0, 0.05) is 36.6 Å². The molecule has 5 saturated heterocycles. The molecule has 0 aliphatic carbocycles. The Labute approximate surface area is 232 Å². The molecule has 7 unspecified atom stereocenters. The van der Waals surface area contributed by atoms with Gasteiger partial charge in [0.2, 0.25) is 0 Å². The van der Waals surface area contributed by atoms with Crippen molar-refractivity contribution in [3.05, 3.63) is 0 Å². The van der Waals surface area contributed by atoms with E-state index in [1.54, 1.807) is 0 Å². The van der Waals surface area contributed by atoms with Crippen LogP contribution >= 0.6 is 11.9 Å². The molecule has 5 rings (SSSR count). The number of fused-ring (bicyclic) bond motifs is 6. The maximum Gasteiger partial charge on any atom is 0.0690 e. The van der Waals surface area contributed by atoms with Crippen molar-refractivity contribution in [1.29, 1.82) is 0 Å². The van der Waals surface area contributed by atoms with E-state index in [0.29, 0.717) is 41.1 Å². The Morgan fingerprint density at radius 1 is 0.838 bits per heavy atom. The highest BCUT2D eigenvalue weighted by Crippen LogP contribution is 2.41. The fraction of sp³-hybridized carbons (Fsp3) is 1.00. The summed E-state index contributed by atoms with van der Waals surface area (Å²) in [6, 6.07) is 1.24. The smallest absolute Gasteiger partial charge is 0.0690 e. The molecule has 0 spiro atoms. The van der Waals surface area contributed by atoms with Gasteiger partial charge in [-0.2, -0.15) is 0 Å². The van der Waals surface area contributed by atoms with Crippen LogP contribution in [0.15, 0.2) is 0 Å². The average molecular weight is 535 g/mol. The van der Waals surface area contributed by atoms with Gasteiger partial charge in [0.1, 0.15) is 0 Å². The summed E-state index contributed by atoms with van der Waals surface area (Å²) in [6.45, 7) is 17.2. The molecule has 0 aromatic carbocycles. The Bertz CT molecular complexity index is 732. The maximum atomic E-state index is 4.22. The first kappa shape index (κ1) is 28.6. The molecule has 7 heteroatoms. The molecule has 0 radical (unpaired) electrons. The second kappa shape index (κ2) is 11.9. The van der Waals surface area contributed by atoms with Gasteiger partial charge in [-0.3, -0.25) is 25.6 Å². The Balaban J connectivity index is 1.35. The van der Waals surface area contributed by atoms with Gasteiger partial charge in [0.15, 0.2) is 0 Å². The molecule has 214 valence electrons. The second-order valence-electron chi connectivity index (χ2n) is 15.0. The molecule has 5 aliphatic heterocycles. The molecule has 5 fully saturated rings. The Kier molecular flexibility index (Phi) is 9.22. The molecule has 8 atom stereocenters. The molecule has 4 N–H and O–H groups in total. The lowest BCUT2D eigenvalue weighted by Gasteiger charge is -2.50. The Morgan fingerprint density at radius 2 is 1.62 bits per heavy atom. The number of nitrogens with one attached hydrogen (secondary N) is 4. The minimum Gasteiger partial charge on any atom is -0.306 e. The van der Waals surface area contributed by atoms with Gasteiger partial charge in [-0.25, -0.2) is 0 Å². The van der Waals surface area contributed by atoms with Crippen molar-refractivity contribution < 1.29 is 0 Å². The first-order chi connectivity index (χ1) is 17.6. The zero-order valence-electron chi connectivity index (χ0n) is 24.8. The van der Waals surface area contributed by atoms with Crippen LogP contribution in [0.25, 0.3) is 0 Å². The van der Waals surface area contributed by atoms with E-state index >= 15 is 0 Å². The predicted molar refractivity (Wildman–Crippen MR) is 158 cm³/mol. The van der Waals surface area contributed by atoms with Crippen LogP contribution < -0.4 is 20.7 Å². The molecule has 5 heterocycles. The number of rotatable bonds is 1. The van der Waals surface area contributed by atoms with Crippen molar-refractivity contribution in [1.82, 2.24) is 30.5 Å². The molecule has 37 heavy (non-hydrogen) atoms. The quantitative estimate of drug-likeness (QED) is 0.367. The molecule has 0 amide bonds. The largest absolute Gasteiger partial charge is 0.306 e. The highest BCUT2D eigenvalue weighted by atomic mass is 32.2. The summed E-state index contributed by atoms with van der Waals surface area (Å²) >= 11 is 1.97. The van der Waals surface area contributed by atoms with Crippen LogP contribution in [0, 0.1) is 23.2 Å². The summed E-state index contributed by atoms with van der Waals surface area (Å²) < 4.78 is 3.88. The fourth-order valence-corrected chi connectivity index (χ4v) is 9.27. The van der Waals surface area contributed by atoms with Gasteiger partial charge in [-0.15, -0.1) is 0 Å². The number of nitrogens with zero attached hydrogens (tertiary/aromatic N) is 2. The monoisotopic (exact) mass is 534 g/mol. The van der Waals surface area contributed by atoms with Crippen LogP contribution in [-0.2, 0) is 0 Å². The third kappa shape index (κ3) is 7.07. The lowest BCUT2D eigenvalue weighted by Crippen LogP contribution is -2.63. The second-order valence-corrected chi connectivity index (χ2v) is 16.1. The zero-order valence-corrected chi connectivity index (χ0v) is 25.6. The highest BCUT2D eigenvalue weighted by Gasteiger charge is 2.47. The minimum atomic E-state index is 0.263. The summed E-state index contributed by atoms with van der Waals surface area (Å²) in [6.07, 6.45) is 14.2. The van der Waals surface area contributed by atoms with E-state index in [1.807, 2.05) is 11.9 Å². The summed E-state index contributed by atoms with van der Waals surface area (Å²) in [5.74, 6) is 2.29. The lowest BCUT2D eigenvalue weighted by atomic mass is 9.78. The Morgan fingerprint density at radius 3 is 2.38 bits per heavy atom. The van der Waals surface area contributed by atoms with Crippen LogP contribution in [0.4, 0.5) is 0 Å². The molecule has 0 aromatic heterocycles. The van der Waals surface area contributed by atoms with Crippen LogP contribution in [-0.4, -0.2) is 78.4 Å². The van der Waals surface area contributed by atoms with Crippen molar-refractivity contribution in [2.45, 2.75) is 134 Å². The number of likely N-dealkylation sites (tertiary alicyclic amines) is 1. The molecule has 5 aliphatic rings. The first-order valence-electron chi connectivity index (χ1n) is 15.7. The topological polar surface area (TPSA) is 54.6 Å². The molecule has 0 aromatic rings. The lowest BCUT2D eigenvalue weighted by molar-refractivity contribution is 0.00550. The zero-order chi connectivity index (χ0) is 26.2. The number of hydrogen-bond acceptors (Lipinski definition) is 7. The third-order valence-corrected chi connectivity index (χ3v) is 11.6. The Hall–Kier alpha value is 0.110.